The first-order chi connectivity index (χ1) is 5.24. The fourth-order valence-corrected chi connectivity index (χ4v) is 1.51. The van der Waals surface area contributed by atoms with E-state index >= 15 is 0 Å². The van der Waals surface area contributed by atoms with E-state index in [1.54, 1.807) is 0 Å². The molecule has 0 aromatic carbocycles. The molecular formula is C9H14N2. The van der Waals surface area contributed by atoms with Crippen molar-refractivity contribution in [1.29, 1.82) is 5.26 Å². The molecule has 1 unspecified atom stereocenters. The van der Waals surface area contributed by atoms with Crippen LogP contribution < -0.4 is 0 Å². The molecule has 0 bridgehead atoms. The lowest BCUT2D eigenvalue weighted by molar-refractivity contribution is 0.320. The SMILES string of the molecule is C=C(C)CN1CCCC1C#N. The van der Waals surface area contributed by atoms with E-state index in [2.05, 4.69) is 17.5 Å². The van der Waals surface area contributed by atoms with Gasteiger partial charge in [0, 0.05) is 6.54 Å². The van der Waals surface area contributed by atoms with Crippen molar-refractivity contribution >= 4 is 0 Å². The molecule has 0 spiro atoms. The number of likely N-dealkylation sites (tertiary alicyclic amines) is 1. The molecular weight excluding hydrogens is 136 g/mol. The molecule has 1 aliphatic heterocycles. The molecule has 1 saturated heterocycles. The number of nitriles is 1. The second-order valence-electron chi connectivity index (χ2n) is 3.21. The van der Waals surface area contributed by atoms with E-state index in [4.69, 9.17) is 5.26 Å². The fraction of sp³-hybridized carbons (Fsp3) is 0.667. The fourth-order valence-electron chi connectivity index (χ4n) is 1.51. The molecule has 1 aliphatic rings. The van der Waals surface area contributed by atoms with E-state index < -0.39 is 0 Å². The van der Waals surface area contributed by atoms with Crippen molar-refractivity contribution in [2.24, 2.45) is 0 Å². The minimum Gasteiger partial charge on any atom is -0.284 e. The summed E-state index contributed by atoms with van der Waals surface area (Å²) in [5.74, 6) is 0. The van der Waals surface area contributed by atoms with E-state index in [-0.39, 0.29) is 6.04 Å². The number of hydrogen-bond donors (Lipinski definition) is 0. The molecule has 1 rings (SSSR count). The van der Waals surface area contributed by atoms with Crippen LogP contribution >= 0.6 is 0 Å². The lowest BCUT2D eigenvalue weighted by atomic mass is 10.2. The van der Waals surface area contributed by atoms with Crippen molar-refractivity contribution in [1.82, 2.24) is 4.90 Å². The highest BCUT2D eigenvalue weighted by molar-refractivity contribution is 5.01. The van der Waals surface area contributed by atoms with Gasteiger partial charge in [0.1, 0.15) is 0 Å². The number of nitrogens with zero attached hydrogens (tertiary/aromatic N) is 2. The summed E-state index contributed by atoms with van der Waals surface area (Å²) in [7, 11) is 0. The summed E-state index contributed by atoms with van der Waals surface area (Å²) in [4.78, 5) is 2.20. The Bertz CT molecular complexity index is 190. The first-order valence-electron chi connectivity index (χ1n) is 4.02. The van der Waals surface area contributed by atoms with Crippen molar-refractivity contribution < 1.29 is 0 Å². The van der Waals surface area contributed by atoms with Gasteiger partial charge in [-0.1, -0.05) is 12.2 Å². The van der Waals surface area contributed by atoms with E-state index in [1.165, 1.54) is 0 Å². The third-order valence-electron chi connectivity index (χ3n) is 1.99. The second kappa shape index (κ2) is 3.54. The Balaban J connectivity index is 2.45. The van der Waals surface area contributed by atoms with Gasteiger partial charge in [-0.15, -0.1) is 0 Å². The van der Waals surface area contributed by atoms with Crippen LogP contribution in [0.1, 0.15) is 19.8 Å². The molecule has 2 heteroatoms. The van der Waals surface area contributed by atoms with Crippen LogP contribution in [0.4, 0.5) is 0 Å². The third kappa shape index (κ3) is 2.06. The highest BCUT2D eigenvalue weighted by Gasteiger charge is 2.23. The summed E-state index contributed by atoms with van der Waals surface area (Å²) < 4.78 is 0. The van der Waals surface area contributed by atoms with E-state index in [9.17, 15) is 0 Å². The number of hydrogen-bond acceptors (Lipinski definition) is 2. The van der Waals surface area contributed by atoms with Crippen LogP contribution in [-0.2, 0) is 0 Å². The average Bonchev–Trinajstić information content (AvgIpc) is 2.34. The molecule has 11 heavy (non-hydrogen) atoms. The first-order valence-corrected chi connectivity index (χ1v) is 4.02. The number of rotatable bonds is 2. The van der Waals surface area contributed by atoms with Crippen molar-refractivity contribution in [3.05, 3.63) is 12.2 Å². The summed E-state index contributed by atoms with van der Waals surface area (Å²) in [6, 6.07) is 2.45. The Morgan fingerprint density at radius 2 is 2.55 bits per heavy atom. The van der Waals surface area contributed by atoms with Crippen molar-refractivity contribution in [3.8, 4) is 6.07 Å². The molecule has 2 nitrogen and oxygen atoms in total. The zero-order valence-corrected chi connectivity index (χ0v) is 7.01. The third-order valence-corrected chi connectivity index (χ3v) is 1.99. The van der Waals surface area contributed by atoms with Gasteiger partial charge in [0.2, 0.25) is 0 Å². The standard InChI is InChI=1S/C9H14N2/c1-8(2)7-11-5-3-4-9(11)6-10/h9H,1,3-5,7H2,2H3. The van der Waals surface area contributed by atoms with Crippen molar-refractivity contribution in [3.63, 3.8) is 0 Å². The smallest absolute Gasteiger partial charge is 0.0981 e. The molecule has 0 radical (unpaired) electrons. The predicted molar refractivity (Wildman–Crippen MR) is 45.0 cm³/mol. The lowest BCUT2D eigenvalue weighted by Gasteiger charge is -2.18. The maximum Gasteiger partial charge on any atom is 0.0981 e. The quantitative estimate of drug-likeness (QED) is 0.558. The molecule has 60 valence electrons. The van der Waals surface area contributed by atoms with Gasteiger partial charge in [-0.25, -0.2) is 0 Å². The largest absolute Gasteiger partial charge is 0.284 e. The van der Waals surface area contributed by atoms with Gasteiger partial charge in [0.05, 0.1) is 12.1 Å². The molecule has 0 saturated carbocycles. The zero-order valence-electron chi connectivity index (χ0n) is 7.01. The van der Waals surface area contributed by atoms with Gasteiger partial charge < -0.3 is 0 Å². The summed E-state index contributed by atoms with van der Waals surface area (Å²) in [5.41, 5.74) is 1.15. The minimum absolute atomic E-state index is 0.145. The highest BCUT2D eigenvalue weighted by Crippen LogP contribution is 2.16. The lowest BCUT2D eigenvalue weighted by Crippen LogP contribution is -2.29. The topological polar surface area (TPSA) is 27.0 Å². The van der Waals surface area contributed by atoms with Gasteiger partial charge in [-0.2, -0.15) is 5.26 Å². The van der Waals surface area contributed by atoms with Crippen LogP contribution in [0.2, 0.25) is 0 Å². The van der Waals surface area contributed by atoms with E-state index in [1.807, 2.05) is 6.92 Å². The molecule has 1 atom stereocenters. The van der Waals surface area contributed by atoms with Gasteiger partial charge >= 0.3 is 0 Å². The Kier molecular flexibility index (Phi) is 2.67. The summed E-state index contributed by atoms with van der Waals surface area (Å²) in [6.45, 7) is 7.79. The van der Waals surface area contributed by atoms with Crippen LogP contribution in [0.3, 0.4) is 0 Å². The van der Waals surface area contributed by atoms with Gasteiger partial charge in [0.15, 0.2) is 0 Å². The average molecular weight is 150 g/mol. The normalized spacial score (nSPS) is 24.9. The van der Waals surface area contributed by atoms with Crippen LogP contribution in [0.5, 0.6) is 0 Å². The van der Waals surface area contributed by atoms with Gasteiger partial charge in [0.25, 0.3) is 0 Å². The van der Waals surface area contributed by atoms with Crippen LogP contribution in [0.15, 0.2) is 12.2 Å². The Morgan fingerprint density at radius 3 is 3.09 bits per heavy atom. The molecule has 0 aromatic rings. The molecule has 0 N–H and O–H groups in total. The van der Waals surface area contributed by atoms with Crippen molar-refractivity contribution in [2.45, 2.75) is 25.8 Å². The molecule has 1 fully saturated rings. The minimum atomic E-state index is 0.145. The van der Waals surface area contributed by atoms with Crippen LogP contribution in [-0.4, -0.2) is 24.0 Å². The zero-order chi connectivity index (χ0) is 8.27. The molecule has 1 heterocycles. The van der Waals surface area contributed by atoms with Gasteiger partial charge in [-0.05, 0) is 26.3 Å². The first kappa shape index (κ1) is 8.29. The Morgan fingerprint density at radius 1 is 1.82 bits per heavy atom. The van der Waals surface area contributed by atoms with E-state index in [0.717, 1.165) is 31.5 Å². The van der Waals surface area contributed by atoms with Crippen molar-refractivity contribution in [2.75, 3.05) is 13.1 Å². The summed E-state index contributed by atoms with van der Waals surface area (Å²) >= 11 is 0. The maximum absolute atomic E-state index is 8.73. The van der Waals surface area contributed by atoms with Gasteiger partial charge in [-0.3, -0.25) is 4.90 Å². The summed E-state index contributed by atoms with van der Waals surface area (Å²) in [6.07, 6.45) is 2.19. The van der Waals surface area contributed by atoms with E-state index in [0.29, 0.717) is 0 Å². The second-order valence-corrected chi connectivity index (χ2v) is 3.21. The molecule has 0 amide bonds. The monoisotopic (exact) mass is 150 g/mol. The maximum atomic E-state index is 8.73. The predicted octanol–water partition coefficient (Wildman–Crippen LogP) is 1.55. The Labute approximate surface area is 68.1 Å². The molecule has 0 aromatic heterocycles. The summed E-state index contributed by atoms with van der Waals surface area (Å²) in [5, 5.41) is 8.73. The Hall–Kier alpha value is -0.810. The van der Waals surface area contributed by atoms with Crippen LogP contribution in [0.25, 0.3) is 0 Å². The van der Waals surface area contributed by atoms with Crippen LogP contribution in [0, 0.1) is 11.3 Å². The highest BCUT2D eigenvalue weighted by atomic mass is 15.2. The molecule has 0 aliphatic carbocycles.